The first-order valence-corrected chi connectivity index (χ1v) is 4.78. The van der Waals surface area contributed by atoms with E-state index in [0.29, 0.717) is 5.92 Å². The van der Waals surface area contributed by atoms with Crippen molar-refractivity contribution in [3.63, 3.8) is 0 Å². The molecule has 1 aliphatic rings. The monoisotopic (exact) mass is 169 g/mol. The van der Waals surface area contributed by atoms with Crippen LogP contribution in [0.1, 0.15) is 33.1 Å². The summed E-state index contributed by atoms with van der Waals surface area (Å²) in [5, 5.41) is 0. The summed E-state index contributed by atoms with van der Waals surface area (Å²) in [6.45, 7) is 5.21. The Kier molecular flexibility index (Phi) is 3.60. The molecule has 1 unspecified atom stereocenters. The molecule has 2 heteroatoms. The third-order valence-corrected chi connectivity index (χ3v) is 2.05. The molecule has 0 bridgehead atoms. The van der Waals surface area contributed by atoms with Gasteiger partial charge in [-0.2, -0.15) is 0 Å². The molecule has 0 aromatic rings. The highest BCUT2D eigenvalue weighted by atomic mass is 16.5. The lowest BCUT2D eigenvalue weighted by Gasteiger charge is -2.21. The third-order valence-electron chi connectivity index (χ3n) is 2.05. The van der Waals surface area contributed by atoms with Gasteiger partial charge in [0.2, 0.25) is 0 Å². The quantitative estimate of drug-likeness (QED) is 0.701. The van der Waals surface area contributed by atoms with Crippen LogP contribution in [-0.2, 0) is 4.74 Å². The minimum absolute atomic E-state index is 0.116. The Morgan fingerprint density at radius 2 is 2.33 bits per heavy atom. The van der Waals surface area contributed by atoms with Crippen molar-refractivity contribution in [3.8, 4) is 0 Å². The van der Waals surface area contributed by atoms with Crippen molar-refractivity contribution in [3.05, 3.63) is 11.8 Å². The fourth-order valence-electron chi connectivity index (χ4n) is 1.46. The predicted octanol–water partition coefficient (Wildman–Crippen LogP) is 2.05. The van der Waals surface area contributed by atoms with Gasteiger partial charge in [0.1, 0.15) is 5.76 Å². The van der Waals surface area contributed by atoms with E-state index in [1.54, 1.807) is 0 Å². The fraction of sp³-hybridized carbons (Fsp3) is 0.800. The van der Waals surface area contributed by atoms with E-state index in [9.17, 15) is 0 Å². The molecule has 0 amide bonds. The molecule has 1 atom stereocenters. The van der Waals surface area contributed by atoms with Crippen LogP contribution in [-0.4, -0.2) is 12.6 Å². The lowest BCUT2D eigenvalue weighted by Crippen LogP contribution is -2.27. The number of rotatable bonds is 3. The first-order valence-electron chi connectivity index (χ1n) is 4.78. The molecule has 0 spiro atoms. The topological polar surface area (TPSA) is 35.2 Å². The number of allylic oxidation sites excluding steroid dienone is 1. The summed E-state index contributed by atoms with van der Waals surface area (Å²) in [5.74, 6) is 1.65. The zero-order chi connectivity index (χ0) is 8.97. The highest BCUT2D eigenvalue weighted by molar-refractivity contribution is 5.04. The minimum atomic E-state index is 0.116. The molecule has 0 saturated carbocycles. The molecule has 12 heavy (non-hydrogen) atoms. The van der Waals surface area contributed by atoms with Crippen molar-refractivity contribution >= 4 is 0 Å². The molecule has 2 N–H and O–H groups in total. The summed E-state index contributed by atoms with van der Waals surface area (Å²) in [6, 6.07) is 0.116. The fourth-order valence-corrected chi connectivity index (χ4v) is 1.46. The Morgan fingerprint density at radius 3 is 2.83 bits per heavy atom. The Labute approximate surface area is 74.8 Å². The summed E-state index contributed by atoms with van der Waals surface area (Å²) in [4.78, 5) is 0. The molecule has 1 aliphatic heterocycles. The van der Waals surface area contributed by atoms with Crippen LogP contribution in [0.2, 0.25) is 0 Å². The van der Waals surface area contributed by atoms with E-state index in [2.05, 4.69) is 19.9 Å². The van der Waals surface area contributed by atoms with E-state index in [1.807, 2.05) is 0 Å². The lowest BCUT2D eigenvalue weighted by molar-refractivity contribution is 0.170. The summed E-state index contributed by atoms with van der Waals surface area (Å²) >= 11 is 0. The first kappa shape index (κ1) is 9.59. The summed E-state index contributed by atoms with van der Waals surface area (Å²) in [7, 11) is 0. The maximum absolute atomic E-state index is 5.96. The molecule has 1 heterocycles. The minimum Gasteiger partial charge on any atom is -0.497 e. The third kappa shape index (κ3) is 2.86. The largest absolute Gasteiger partial charge is 0.497 e. The zero-order valence-corrected chi connectivity index (χ0v) is 8.05. The van der Waals surface area contributed by atoms with E-state index in [0.717, 1.165) is 31.6 Å². The predicted molar refractivity (Wildman–Crippen MR) is 50.7 cm³/mol. The molecular weight excluding hydrogens is 150 g/mol. The van der Waals surface area contributed by atoms with Crippen LogP contribution >= 0.6 is 0 Å². The summed E-state index contributed by atoms with van der Waals surface area (Å²) in [6.07, 6.45) is 5.42. The highest BCUT2D eigenvalue weighted by Gasteiger charge is 2.14. The van der Waals surface area contributed by atoms with Crippen molar-refractivity contribution < 1.29 is 4.74 Å². The van der Waals surface area contributed by atoms with Gasteiger partial charge in [0, 0.05) is 0 Å². The Bertz CT molecular complexity index is 163. The van der Waals surface area contributed by atoms with E-state index in [-0.39, 0.29) is 6.04 Å². The number of hydrogen-bond acceptors (Lipinski definition) is 2. The SMILES string of the molecule is CC(C)CC(N)C1=CCCCO1. The van der Waals surface area contributed by atoms with Crippen molar-refractivity contribution in [1.82, 2.24) is 0 Å². The van der Waals surface area contributed by atoms with Gasteiger partial charge in [-0.25, -0.2) is 0 Å². The van der Waals surface area contributed by atoms with Crippen molar-refractivity contribution in [2.75, 3.05) is 6.61 Å². The van der Waals surface area contributed by atoms with Crippen LogP contribution < -0.4 is 5.73 Å². The first-order chi connectivity index (χ1) is 5.70. The van der Waals surface area contributed by atoms with Crippen LogP contribution in [0.3, 0.4) is 0 Å². The Balaban J connectivity index is 2.39. The average molecular weight is 169 g/mol. The molecule has 0 saturated heterocycles. The molecule has 0 aromatic carbocycles. The number of hydrogen-bond donors (Lipinski definition) is 1. The summed E-state index contributed by atoms with van der Waals surface area (Å²) < 4.78 is 5.48. The van der Waals surface area contributed by atoms with E-state index in [4.69, 9.17) is 10.5 Å². The molecule has 0 aromatic heterocycles. The van der Waals surface area contributed by atoms with Crippen LogP contribution in [0.5, 0.6) is 0 Å². The van der Waals surface area contributed by atoms with E-state index < -0.39 is 0 Å². The Morgan fingerprint density at radius 1 is 1.58 bits per heavy atom. The zero-order valence-electron chi connectivity index (χ0n) is 8.05. The van der Waals surface area contributed by atoms with Gasteiger partial charge in [-0.3, -0.25) is 0 Å². The lowest BCUT2D eigenvalue weighted by atomic mass is 10.0. The second kappa shape index (κ2) is 4.51. The average Bonchev–Trinajstić information content (AvgIpc) is 2.05. The molecule has 1 rings (SSSR count). The maximum Gasteiger partial charge on any atom is 0.109 e. The maximum atomic E-state index is 5.96. The summed E-state index contributed by atoms with van der Waals surface area (Å²) in [5.41, 5.74) is 5.96. The van der Waals surface area contributed by atoms with Gasteiger partial charge in [-0.15, -0.1) is 0 Å². The smallest absolute Gasteiger partial charge is 0.109 e. The number of ether oxygens (including phenoxy) is 1. The molecule has 0 fully saturated rings. The van der Waals surface area contributed by atoms with Gasteiger partial charge in [-0.05, 0) is 31.3 Å². The normalized spacial score (nSPS) is 20.2. The van der Waals surface area contributed by atoms with E-state index in [1.165, 1.54) is 0 Å². The molecule has 2 nitrogen and oxygen atoms in total. The second-order valence-electron chi connectivity index (χ2n) is 3.83. The van der Waals surface area contributed by atoms with Crippen molar-refractivity contribution in [1.29, 1.82) is 0 Å². The molecule has 0 radical (unpaired) electrons. The van der Waals surface area contributed by atoms with Crippen LogP contribution in [0.4, 0.5) is 0 Å². The van der Waals surface area contributed by atoms with Crippen molar-refractivity contribution in [2.45, 2.75) is 39.2 Å². The second-order valence-corrected chi connectivity index (χ2v) is 3.83. The molecule has 0 aliphatic carbocycles. The van der Waals surface area contributed by atoms with Gasteiger partial charge in [0.05, 0.1) is 12.6 Å². The van der Waals surface area contributed by atoms with Gasteiger partial charge >= 0.3 is 0 Å². The van der Waals surface area contributed by atoms with Gasteiger partial charge in [-0.1, -0.05) is 13.8 Å². The Hall–Kier alpha value is -0.500. The van der Waals surface area contributed by atoms with Crippen LogP contribution in [0.25, 0.3) is 0 Å². The van der Waals surface area contributed by atoms with Crippen LogP contribution in [0, 0.1) is 5.92 Å². The molecular formula is C10H19NO. The standard InChI is InChI=1S/C10H19NO/c1-8(2)7-9(11)10-5-3-4-6-12-10/h5,8-9H,3-4,6-7,11H2,1-2H3. The van der Waals surface area contributed by atoms with Gasteiger partial charge in [0.15, 0.2) is 0 Å². The molecule has 70 valence electrons. The highest BCUT2D eigenvalue weighted by Crippen LogP contribution is 2.16. The number of nitrogens with two attached hydrogens (primary N) is 1. The van der Waals surface area contributed by atoms with E-state index >= 15 is 0 Å². The van der Waals surface area contributed by atoms with Gasteiger partial charge < -0.3 is 10.5 Å². The van der Waals surface area contributed by atoms with Gasteiger partial charge in [0.25, 0.3) is 0 Å². The van der Waals surface area contributed by atoms with Crippen LogP contribution in [0.15, 0.2) is 11.8 Å². The van der Waals surface area contributed by atoms with Crippen molar-refractivity contribution in [2.24, 2.45) is 11.7 Å².